The van der Waals surface area contributed by atoms with Crippen molar-refractivity contribution in [3.63, 3.8) is 0 Å². The number of benzene rings is 1. The first-order valence-corrected chi connectivity index (χ1v) is 8.60. The molecule has 3 rings (SSSR count). The lowest BCUT2D eigenvalue weighted by molar-refractivity contribution is 0.280. The van der Waals surface area contributed by atoms with Crippen LogP contribution < -0.4 is 0 Å². The van der Waals surface area contributed by atoms with E-state index in [0.29, 0.717) is 18.0 Å². The molecule has 21 heavy (non-hydrogen) atoms. The first-order valence-electron chi connectivity index (χ1n) is 7.16. The third kappa shape index (κ3) is 2.21. The van der Waals surface area contributed by atoms with Crippen LogP contribution in [0.2, 0.25) is 0 Å². The lowest BCUT2D eigenvalue weighted by Gasteiger charge is -2.34. The molecule has 1 atom stereocenters. The molecule has 1 aromatic carbocycles. The number of hydrogen-bond acceptors (Lipinski definition) is 2. The zero-order valence-electron chi connectivity index (χ0n) is 12.6. The average Bonchev–Trinajstić information content (AvgIpc) is 2.82. The van der Waals surface area contributed by atoms with E-state index in [2.05, 4.69) is 17.6 Å². The molecule has 4 nitrogen and oxygen atoms in total. The summed E-state index contributed by atoms with van der Waals surface area (Å²) in [5.41, 5.74) is 3.04. The summed E-state index contributed by atoms with van der Waals surface area (Å²) in [7, 11) is -3.46. The van der Waals surface area contributed by atoms with Gasteiger partial charge in [-0.25, -0.2) is 8.42 Å². The van der Waals surface area contributed by atoms with Crippen molar-refractivity contribution >= 4 is 10.0 Å². The average molecular weight is 304 g/mol. The highest BCUT2D eigenvalue weighted by molar-refractivity contribution is 7.89. The van der Waals surface area contributed by atoms with Crippen LogP contribution >= 0.6 is 0 Å². The fourth-order valence-electron chi connectivity index (χ4n) is 3.10. The fourth-order valence-corrected chi connectivity index (χ4v) is 4.92. The Hall–Kier alpha value is -1.59. The molecule has 0 spiro atoms. The molecule has 0 bridgehead atoms. The summed E-state index contributed by atoms with van der Waals surface area (Å²) in [5.74, 6) is 0. The van der Waals surface area contributed by atoms with Crippen molar-refractivity contribution < 1.29 is 8.42 Å². The molecule has 112 valence electrons. The number of hydrogen-bond donors (Lipinski definition) is 0. The molecule has 5 heteroatoms. The third-order valence-corrected chi connectivity index (χ3v) is 6.45. The number of sulfonamides is 1. The normalized spacial score (nSPS) is 19.5. The number of rotatable bonds is 2. The summed E-state index contributed by atoms with van der Waals surface area (Å²) in [6.07, 6.45) is 0. The lowest BCUT2D eigenvalue weighted by Crippen LogP contribution is -2.41. The molecule has 1 aliphatic rings. The Bertz CT molecular complexity index is 777. The molecule has 0 fully saturated rings. The second-order valence-electron chi connectivity index (χ2n) is 5.61. The van der Waals surface area contributed by atoms with Gasteiger partial charge in [-0.1, -0.05) is 18.2 Å². The van der Waals surface area contributed by atoms with Gasteiger partial charge >= 0.3 is 0 Å². The van der Waals surface area contributed by atoms with Gasteiger partial charge in [0.15, 0.2) is 0 Å². The standard InChI is InChI=1S/C16H20N2O2S/c1-12-6-4-5-7-16(12)21(19,20)18-11-10-17-13(2)8-9-15(17)14(18)3/h4-9,14H,10-11H2,1-3H3. The van der Waals surface area contributed by atoms with Crippen LogP contribution in [0, 0.1) is 13.8 Å². The Labute approximate surface area is 126 Å². The Morgan fingerprint density at radius 2 is 1.76 bits per heavy atom. The third-order valence-electron chi connectivity index (χ3n) is 4.32. The monoisotopic (exact) mass is 304 g/mol. The van der Waals surface area contributed by atoms with Gasteiger partial charge in [0.2, 0.25) is 10.0 Å². The maximum atomic E-state index is 13.0. The van der Waals surface area contributed by atoms with Gasteiger partial charge in [0.05, 0.1) is 10.9 Å². The van der Waals surface area contributed by atoms with Crippen molar-refractivity contribution in [2.45, 2.75) is 38.3 Å². The van der Waals surface area contributed by atoms with Crippen molar-refractivity contribution in [2.24, 2.45) is 0 Å². The highest BCUT2D eigenvalue weighted by Crippen LogP contribution is 2.32. The van der Waals surface area contributed by atoms with Crippen molar-refractivity contribution in [3.05, 3.63) is 53.3 Å². The van der Waals surface area contributed by atoms with Gasteiger partial charge in [-0.15, -0.1) is 0 Å². The zero-order valence-corrected chi connectivity index (χ0v) is 13.4. The predicted octanol–water partition coefficient (Wildman–Crippen LogP) is 2.87. The van der Waals surface area contributed by atoms with Gasteiger partial charge in [-0.3, -0.25) is 0 Å². The molecule has 0 aliphatic carbocycles. The summed E-state index contributed by atoms with van der Waals surface area (Å²) in [4.78, 5) is 0.411. The smallest absolute Gasteiger partial charge is 0.243 e. The van der Waals surface area contributed by atoms with E-state index in [0.717, 1.165) is 11.3 Å². The molecule has 0 saturated heterocycles. The second kappa shape index (κ2) is 5.00. The Morgan fingerprint density at radius 1 is 1.05 bits per heavy atom. The molecule has 1 unspecified atom stereocenters. The van der Waals surface area contributed by atoms with Crippen LogP contribution in [0.5, 0.6) is 0 Å². The van der Waals surface area contributed by atoms with Gasteiger partial charge in [-0.2, -0.15) is 4.31 Å². The quantitative estimate of drug-likeness (QED) is 0.856. The van der Waals surface area contributed by atoms with Gasteiger partial charge in [0, 0.05) is 24.5 Å². The van der Waals surface area contributed by atoms with Crippen LogP contribution in [0.15, 0.2) is 41.3 Å². The van der Waals surface area contributed by atoms with Crippen LogP contribution in [-0.2, 0) is 16.6 Å². The molecule has 0 radical (unpaired) electrons. The fraction of sp³-hybridized carbons (Fsp3) is 0.375. The van der Waals surface area contributed by atoms with Crippen molar-refractivity contribution in [1.82, 2.24) is 8.87 Å². The summed E-state index contributed by atoms with van der Waals surface area (Å²) < 4.78 is 29.7. The van der Waals surface area contributed by atoms with Crippen LogP contribution in [0.25, 0.3) is 0 Å². The first kappa shape index (κ1) is 14.4. The summed E-state index contributed by atoms with van der Waals surface area (Å²) in [5, 5.41) is 0. The van der Waals surface area contributed by atoms with Crippen molar-refractivity contribution in [3.8, 4) is 0 Å². The molecule has 1 aliphatic heterocycles. The van der Waals surface area contributed by atoms with Crippen LogP contribution in [0.1, 0.15) is 29.9 Å². The molecule has 1 aromatic heterocycles. The van der Waals surface area contributed by atoms with Gasteiger partial charge in [-0.05, 0) is 44.5 Å². The van der Waals surface area contributed by atoms with E-state index in [1.807, 2.05) is 32.0 Å². The maximum Gasteiger partial charge on any atom is 0.243 e. The van der Waals surface area contributed by atoms with E-state index >= 15 is 0 Å². The molecular formula is C16H20N2O2S. The highest BCUT2D eigenvalue weighted by atomic mass is 32.2. The van der Waals surface area contributed by atoms with Crippen LogP contribution in [0.3, 0.4) is 0 Å². The van der Waals surface area contributed by atoms with Crippen molar-refractivity contribution in [2.75, 3.05) is 6.54 Å². The minimum absolute atomic E-state index is 0.142. The SMILES string of the molecule is Cc1ccccc1S(=O)(=O)N1CCn2c(C)ccc2C1C. The van der Waals surface area contributed by atoms with E-state index in [1.54, 1.807) is 16.4 Å². The van der Waals surface area contributed by atoms with Crippen molar-refractivity contribution in [1.29, 1.82) is 0 Å². The molecule has 0 N–H and O–H groups in total. The zero-order chi connectivity index (χ0) is 15.2. The maximum absolute atomic E-state index is 13.0. The van der Waals surface area contributed by atoms with Gasteiger partial charge < -0.3 is 4.57 Å². The summed E-state index contributed by atoms with van der Waals surface area (Å²) in [6, 6.07) is 11.1. The lowest BCUT2D eigenvalue weighted by atomic mass is 10.2. The van der Waals surface area contributed by atoms with Gasteiger partial charge in [0.1, 0.15) is 0 Å². The van der Waals surface area contributed by atoms with E-state index in [1.165, 1.54) is 5.69 Å². The second-order valence-corrected chi connectivity index (χ2v) is 7.47. The van der Waals surface area contributed by atoms with Gasteiger partial charge in [0.25, 0.3) is 0 Å². The largest absolute Gasteiger partial charge is 0.346 e. The summed E-state index contributed by atoms with van der Waals surface area (Å²) in [6.45, 7) is 7.08. The topological polar surface area (TPSA) is 42.3 Å². The summed E-state index contributed by atoms with van der Waals surface area (Å²) >= 11 is 0. The number of fused-ring (bicyclic) bond motifs is 1. The van der Waals surface area contributed by atoms with E-state index in [4.69, 9.17) is 0 Å². The molecule has 0 amide bonds. The first-order chi connectivity index (χ1) is 9.93. The number of aryl methyl sites for hydroxylation is 2. The number of aromatic nitrogens is 1. The van der Waals surface area contributed by atoms with E-state index < -0.39 is 10.0 Å². The minimum Gasteiger partial charge on any atom is -0.346 e. The minimum atomic E-state index is -3.46. The molecule has 2 aromatic rings. The Morgan fingerprint density at radius 3 is 2.48 bits per heavy atom. The highest BCUT2D eigenvalue weighted by Gasteiger charge is 2.34. The number of nitrogens with zero attached hydrogens (tertiary/aromatic N) is 2. The van der Waals surface area contributed by atoms with Crippen LogP contribution in [0.4, 0.5) is 0 Å². The van der Waals surface area contributed by atoms with Crippen LogP contribution in [-0.4, -0.2) is 23.8 Å². The Kier molecular flexibility index (Phi) is 3.42. The van der Waals surface area contributed by atoms with E-state index in [9.17, 15) is 8.42 Å². The molecule has 0 saturated carbocycles. The van der Waals surface area contributed by atoms with E-state index in [-0.39, 0.29) is 6.04 Å². The molecular weight excluding hydrogens is 284 g/mol. The molecule has 2 heterocycles. The predicted molar refractivity (Wildman–Crippen MR) is 82.7 cm³/mol. The Balaban J connectivity index is 2.04.